The molecule has 0 aliphatic rings. The van der Waals surface area contributed by atoms with Crippen LogP contribution in [0, 0.1) is 0 Å². The topological polar surface area (TPSA) is 75.3 Å². The lowest BCUT2D eigenvalue weighted by Gasteiger charge is -2.07. The minimum Gasteiger partial charge on any atom is -0.326 e. The van der Waals surface area contributed by atoms with Gasteiger partial charge in [0.15, 0.2) is 0 Å². The summed E-state index contributed by atoms with van der Waals surface area (Å²) >= 11 is 5.79. The molecule has 118 valence electrons. The SMILES string of the molecule is CC(=O)CC(=O)Nc1ccc(C(=O)Nc2ccc(Cl)cc2)cc1. The number of benzene rings is 2. The molecule has 0 saturated carbocycles. The molecule has 6 heteroatoms. The Morgan fingerprint density at radius 1 is 0.870 bits per heavy atom. The molecule has 0 aliphatic heterocycles. The Balaban J connectivity index is 1.98. The summed E-state index contributed by atoms with van der Waals surface area (Å²) < 4.78 is 0. The van der Waals surface area contributed by atoms with Crippen molar-refractivity contribution in [1.29, 1.82) is 0 Å². The van der Waals surface area contributed by atoms with Gasteiger partial charge in [-0.25, -0.2) is 0 Å². The van der Waals surface area contributed by atoms with Crippen LogP contribution in [-0.4, -0.2) is 17.6 Å². The predicted molar refractivity (Wildman–Crippen MR) is 89.8 cm³/mol. The van der Waals surface area contributed by atoms with Crippen molar-refractivity contribution in [2.24, 2.45) is 0 Å². The lowest BCUT2D eigenvalue weighted by atomic mass is 10.2. The standard InChI is InChI=1S/C17H15ClN2O3/c1-11(21)10-16(22)19-14-6-2-12(3-7-14)17(23)20-15-8-4-13(18)5-9-15/h2-9H,10H2,1H3,(H,19,22)(H,20,23). The normalized spacial score (nSPS) is 10.0. The van der Waals surface area contributed by atoms with E-state index in [2.05, 4.69) is 10.6 Å². The molecule has 2 aromatic carbocycles. The Kier molecular flexibility index (Phi) is 5.49. The number of ketones is 1. The number of rotatable bonds is 5. The number of halogens is 1. The molecule has 2 aromatic rings. The smallest absolute Gasteiger partial charge is 0.255 e. The van der Waals surface area contributed by atoms with Gasteiger partial charge in [0, 0.05) is 22.0 Å². The van der Waals surface area contributed by atoms with Crippen LogP contribution < -0.4 is 10.6 Å². The molecule has 23 heavy (non-hydrogen) atoms. The first-order valence-electron chi connectivity index (χ1n) is 6.90. The average molecular weight is 331 g/mol. The number of amides is 2. The molecule has 2 rings (SSSR count). The summed E-state index contributed by atoms with van der Waals surface area (Å²) in [5.41, 5.74) is 1.61. The highest BCUT2D eigenvalue weighted by molar-refractivity contribution is 6.30. The summed E-state index contributed by atoms with van der Waals surface area (Å²) in [5, 5.41) is 5.92. The fourth-order valence-electron chi connectivity index (χ4n) is 1.87. The number of hydrogen-bond donors (Lipinski definition) is 2. The van der Waals surface area contributed by atoms with Crippen LogP contribution in [0.4, 0.5) is 11.4 Å². The molecule has 0 aliphatic carbocycles. The van der Waals surface area contributed by atoms with Crippen LogP contribution in [0.5, 0.6) is 0 Å². The Morgan fingerprint density at radius 2 is 1.39 bits per heavy atom. The zero-order valence-corrected chi connectivity index (χ0v) is 13.2. The number of anilines is 2. The summed E-state index contributed by atoms with van der Waals surface area (Å²) in [6, 6.07) is 13.2. The van der Waals surface area contributed by atoms with Crippen molar-refractivity contribution in [1.82, 2.24) is 0 Å². The van der Waals surface area contributed by atoms with Crippen molar-refractivity contribution >= 4 is 40.6 Å². The molecular weight excluding hydrogens is 316 g/mol. The molecule has 0 bridgehead atoms. The quantitative estimate of drug-likeness (QED) is 0.824. The van der Waals surface area contributed by atoms with Gasteiger partial charge in [-0.05, 0) is 55.5 Å². The molecule has 0 unspecified atom stereocenters. The van der Waals surface area contributed by atoms with Crippen LogP contribution in [0.2, 0.25) is 5.02 Å². The van der Waals surface area contributed by atoms with E-state index in [0.717, 1.165) is 0 Å². The van der Waals surface area contributed by atoms with Gasteiger partial charge in [-0.3, -0.25) is 14.4 Å². The van der Waals surface area contributed by atoms with E-state index in [-0.39, 0.29) is 24.0 Å². The van der Waals surface area contributed by atoms with Crippen LogP contribution in [0.25, 0.3) is 0 Å². The fraction of sp³-hybridized carbons (Fsp3) is 0.118. The van der Waals surface area contributed by atoms with Crippen molar-refractivity contribution in [2.45, 2.75) is 13.3 Å². The van der Waals surface area contributed by atoms with E-state index >= 15 is 0 Å². The first-order valence-corrected chi connectivity index (χ1v) is 7.28. The number of carbonyl (C=O) groups excluding carboxylic acids is 3. The van der Waals surface area contributed by atoms with Gasteiger partial charge < -0.3 is 10.6 Å². The van der Waals surface area contributed by atoms with Crippen LogP contribution in [0.3, 0.4) is 0 Å². The molecule has 0 atom stereocenters. The van der Waals surface area contributed by atoms with Gasteiger partial charge in [-0.1, -0.05) is 11.6 Å². The van der Waals surface area contributed by atoms with Gasteiger partial charge >= 0.3 is 0 Å². The van der Waals surface area contributed by atoms with E-state index in [0.29, 0.717) is 22.0 Å². The lowest BCUT2D eigenvalue weighted by Crippen LogP contribution is -2.15. The van der Waals surface area contributed by atoms with Crippen molar-refractivity contribution in [2.75, 3.05) is 10.6 Å². The molecule has 0 heterocycles. The zero-order chi connectivity index (χ0) is 16.8. The molecule has 0 saturated heterocycles. The first kappa shape index (κ1) is 16.7. The minimum atomic E-state index is -0.379. The van der Waals surface area contributed by atoms with Crippen LogP contribution in [0.1, 0.15) is 23.7 Å². The Morgan fingerprint density at radius 3 is 1.96 bits per heavy atom. The highest BCUT2D eigenvalue weighted by atomic mass is 35.5. The monoisotopic (exact) mass is 330 g/mol. The van der Waals surface area contributed by atoms with Gasteiger partial charge in [0.1, 0.15) is 5.78 Å². The number of nitrogens with one attached hydrogen (secondary N) is 2. The van der Waals surface area contributed by atoms with Crippen LogP contribution >= 0.6 is 11.6 Å². The Bertz CT molecular complexity index is 725. The molecule has 0 fully saturated rings. The van der Waals surface area contributed by atoms with Gasteiger partial charge in [0.2, 0.25) is 5.91 Å². The van der Waals surface area contributed by atoms with Gasteiger partial charge in [0.05, 0.1) is 6.42 Å². The molecule has 5 nitrogen and oxygen atoms in total. The maximum absolute atomic E-state index is 12.1. The highest BCUT2D eigenvalue weighted by Gasteiger charge is 2.08. The second-order valence-corrected chi connectivity index (χ2v) is 5.40. The molecule has 0 spiro atoms. The lowest BCUT2D eigenvalue weighted by molar-refractivity contribution is -0.124. The minimum absolute atomic E-state index is 0.168. The summed E-state index contributed by atoms with van der Waals surface area (Å²) in [7, 11) is 0. The molecule has 0 radical (unpaired) electrons. The highest BCUT2D eigenvalue weighted by Crippen LogP contribution is 2.15. The van der Waals surface area contributed by atoms with Crippen molar-refractivity contribution in [3.05, 3.63) is 59.1 Å². The Labute approximate surface area is 138 Å². The van der Waals surface area contributed by atoms with Gasteiger partial charge in [-0.15, -0.1) is 0 Å². The van der Waals surface area contributed by atoms with Crippen LogP contribution in [0.15, 0.2) is 48.5 Å². The fourth-order valence-corrected chi connectivity index (χ4v) is 2.00. The van der Waals surface area contributed by atoms with Crippen molar-refractivity contribution in [3.8, 4) is 0 Å². The average Bonchev–Trinajstić information content (AvgIpc) is 2.49. The summed E-state index contributed by atoms with van der Waals surface area (Å²) in [5.74, 6) is -0.855. The number of carbonyl (C=O) groups is 3. The third kappa shape index (κ3) is 5.23. The molecular formula is C17H15ClN2O3. The first-order chi connectivity index (χ1) is 10.9. The predicted octanol–water partition coefficient (Wildman–Crippen LogP) is 3.51. The number of Topliss-reactive ketones (excluding diaryl/α,β-unsaturated/α-hetero) is 1. The van der Waals surface area contributed by atoms with Crippen molar-refractivity contribution < 1.29 is 14.4 Å². The third-order valence-corrected chi connectivity index (χ3v) is 3.19. The zero-order valence-electron chi connectivity index (χ0n) is 12.4. The maximum atomic E-state index is 12.1. The van der Waals surface area contributed by atoms with Crippen molar-refractivity contribution in [3.63, 3.8) is 0 Å². The van der Waals surface area contributed by atoms with E-state index < -0.39 is 0 Å². The second-order valence-electron chi connectivity index (χ2n) is 4.97. The summed E-state index contributed by atoms with van der Waals surface area (Å²) in [4.78, 5) is 34.5. The van der Waals surface area contributed by atoms with E-state index in [1.807, 2.05) is 0 Å². The third-order valence-electron chi connectivity index (χ3n) is 2.94. The molecule has 0 aromatic heterocycles. The van der Waals surface area contributed by atoms with E-state index in [9.17, 15) is 14.4 Å². The summed E-state index contributed by atoms with van der Waals surface area (Å²) in [6.45, 7) is 1.35. The Hall–Kier alpha value is -2.66. The molecule has 2 amide bonds. The van der Waals surface area contributed by atoms with Crippen LogP contribution in [-0.2, 0) is 9.59 Å². The van der Waals surface area contributed by atoms with E-state index in [4.69, 9.17) is 11.6 Å². The second kappa shape index (κ2) is 7.56. The number of hydrogen-bond acceptors (Lipinski definition) is 3. The van der Waals surface area contributed by atoms with Gasteiger partial charge in [-0.2, -0.15) is 0 Å². The molecule has 2 N–H and O–H groups in total. The largest absolute Gasteiger partial charge is 0.326 e. The van der Waals surface area contributed by atoms with E-state index in [1.165, 1.54) is 6.92 Å². The van der Waals surface area contributed by atoms with E-state index in [1.54, 1.807) is 48.5 Å². The maximum Gasteiger partial charge on any atom is 0.255 e. The van der Waals surface area contributed by atoms with Gasteiger partial charge in [0.25, 0.3) is 5.91 Å². The summed E-state index contributed by atoms with van der Waals surface area (Å²) in [6.07, 6.45) is -0.168.